The topological polar surface area (TPSA) is 198 Å². The van der Waals surface area contributed by atoms with Gasteiger partial charge in [0.15, 0.2) is 5.84 Å². The van der Waals surface area contributed by atoms with Gasteiger partial charge in [-0.1, -0.05) is 0 Å². The number of nitrogens with zero attached hydrogens (tertiary/aromatic N) is 2. The summed E-state index contributed by atoms with van der Waals surface area (Å²) in [5.74, 6) is 5.15. The number of rotatable bonds is 9. The van der Waals surface area contributed by atoms with Crippen molar-refractivity contribution in [2.75, 3.05) is 31.1 Å². The molecule has 1 aromatic carbocycles. The Balaban J connectivity index is 2.55. The highest BCUT2D eigenvalue weighted by atomic mass is 32.2. The Morgan fingerprint density at radius 2 is 2.04 bits per heavy atom. The van der Waals surface area contributed by atoms with E-state index in [1.165, 1.54) is 0 Å². The maximum Gasteiger partial charge on any atom is 0.240 e. The molecular weight excluding hydrogens is 404 g/mol. The average Bonchev–Trinajstić information content (AvgIpc) is 2.64. The van der Waals surface area contributed by atoms with Crippen molar-refractivity contribution in [1.82, 2.24) is 10.3 Å². The van der Waals surface area contributed by atoms with Crippen LogP contribution in [-0.2, 0) is 10.0 Å². The standard InChI is InChI=1S/C15H28N8O3S2/c16-6-1-7-20-27-12-3-2-11(23-8-4-10(24)5-9-23)13(15(17)21-22-18)14(12)28(19,25)26/h2-3,10,20,22,24H,1,4-9,16,18H2,(H2,17,21)(H2,19,25,26). The number of hydrogen-bond donors (Lipinski definition) is 7. The maximum absolute atomic E-state index is 12.5. The lowest BCUT2D eigenvalue weighted by molar-refractivity contribution is 0.145. The Morgan fingerprint density at radius 3 is 2.61 bits per heavy atom. The van der Waals surface area contributed by atoms with Gasteiger partial charge in [-0.25, -0.2) is 24.9 Å². The molecule has 1 aliphatic rings. The number of nitrogens with one attached hydrogen (secondary N) is 2. The molecule has 11 N–H and O–H groups in total. The number of amidine groups is 1. The normalized spacial score (nSPS) is 16.4. The predicted molar refractivity (Wildman–Crippen MR) is 111 cm³/mol. The Morgan fingerprint density at radius 1 is 1.36 bits per heavy atom. The summed E-state index contributed by atoms with van der Waals surface area (Å²) in [5.41, 5.74) is 14.4. The number of hydrogen-bond acceptors (Lipinski definition) is 10. The molecule has 1 heterocycles. The minimum absolute atomic E-state index is 0.0999. The van der Waals surface area contributed by atoms with Crippen LogP contribution in [0.4, 0.5) is 5.69 Å². The third kappa shape index (κ3) is 5.70. The van der Waals surface area contributed by atoms with Gasteiger partial charge in [0, 0.05) is 30.2 Å². The summed E-state index contributed by atoms with van der Waals surface area (Å²) in [6.45, 7) is 2.20. The lowest BCUT2D eigenvalue weighted by Gasteiger charge is -2.33. The largest absolute Gasteiger partial charge is 0.393 e. The summed E-state index contributed by atoms with van der Waals surface area (Å²) in [6.07, 6.45) is 1.48. The summed E-state index contributed by atoms with van der Waals surface area (Å²) in [7, 11) is -4.13. The van der Waals surface area contributed by atoms with Gasteiger partial charge in [0.25, 0.3) is 0 Å². The van der Waals surface area contributed by atoms with Gasteiger partial charge in [-0.05, 0) is 49.9 Å². The molecule has 0 aliphatic carbocycles. The molecule has 0 unspecified atom stereocenters. The quantitative estimate of drug-likeness (QED) is 0.0591. The molecule has 0 atom stereocenters. The summed E-state index contributed by atoms with van der Waals surface area (Å²) in [5, 5.41) is 19.1. The van der Waals surface area contributed by atoms with Gasteiger partial charge in [-0.3, -0.25) is 4.72 Å². The smallest absolute Gasteiger partial charge is 0.240 e. The van der Waals surface area contributed by atoms with Crippen molar-refractivity contribution in [3.05, 3.63) is 17.7 Å². The summed E-state index contributed by atoms with van der Waals surface area (Å²) in [4.78, 5) is 2.22. The van der Waals surface area contributed by atoms with Crippen LogP contribution in [0.5, 0.6) is 0 Å². The molecular formula is C15H28N8O3S2. The van der Waals surface area contributed by atoms with Gasteiger partial charge in [-0.15, -0.1) is 5.10 Å². The van der Waals surface area contributed by atoms with Gasteiger partial charge in [0.1, 0.15) is 4.90 Å². The molecule has 0 aromatic heterocycles. The number of nitrogens with two attached hydrogens (primary N) is 4. The lowest BCUT2D eigenvalue weighted by atomic mass is 10.0. The second-order valence-electron chi connectivity index (χ2n) is 6.31. The molecule has 11 nitrogen and oxygen atoms in total. The van der Waals surface area contributed by atoms with E-state index in [2.05, 4.69) is 15.4 Å². The van der Waals surface area contributed by atoms with Crippen molar-refractivity contribution in [3.63, 3.8) is 0 Å². The van der Waals surface area contributed by atoms with Crippen molar-refractivity contribution in [3.8, 4) is 0 Å². The maximum atomic E-state index is 12.5. The number of piperidine rings is 1. The fourth-order valence-corrected chi connectivity index (χ4v) is 5.01. The first kappa shape index (κ1) is 22.7. The minimum Gasteiger partial charge on any atom is -0.393 e. The molecule has 1 fully saturated rings. The van der Waals surface area contributed by atoms with E-state index in [9.17, 15) is 13.5 Å². The highest BCUT2D eigenvalue weighted by molar-refractivity contribution is 7.98. The third-order valence-corrected chi connectivity index (χ3v) is 6.33. The van der Waals surface area contributed by atoms with Crippen molar-refractivity contribution in [2.24, 2.45) is 27.6 Å². The van der Waals surface area contributed by atoms with Gasteiger partial charge >= 0.3 is 0 Å². The lowest BCUT2D eigenvalue weighted by Crippen LogP contribution is -2.38. The number of benzene rings is 1. The van der Waals surface area contributed by atoms with E-state index in [1.54, 1.807) is 12.1 Å². The van der Waals surface area contributed by atoms with Crippen LogP contribution < -0.4 is 37.6 Å². The van der Waals surface area contributed by atoms with Crippen LogP contribution in [0.25, 0.3) is 0 Å². The molecule has 1 aliphatic heterocycles. The zero-order valence-electron chi connectivity index (χ0n) is 15.5. The fourth-order valence-electron chi connectivity index (χ4n) is 2.96. The van der Waals surface area contributed by atoms with Crippen LogP contribution in [-0.4, -0.2) is 51.6 Å². The van der Waals surface area contributed by atoms with E-state index in [4.69, 9.17) is 22.4 Å². The number of hydrazine groups is 1. The summed E-state index contributed by atoms with van der Waals surface area (Å²) in [6, 6.07) is 3.44. The van der Waals surface area contributed by atoms with Crippen molar-refractivity contribution < 1.29 is 13.5 Å². The highest BCUT2D eigenvalue weighted by Gasteiger charge is 2.28. The zero-order valence-corrected chi connectivity index (χ0v) is 17.1. The molecule has 0 bridgehead atoms. The van der Waals surface area contributed by atoms with Crippen LogP contribution in [0, 0.1) is 0 Å². The van der Waals surface area contributed by atoms with E-state index in [0.29, 0.717) is 49.6 Å². The van der Waals surface area contributed by atoms with E-state index in [-0.39, 0.29) is 22.4 Å². The molecule has 0 spiro atoms. The molecule has 1 saturated heterocycles. The van der Waals surface area contributed by atoms with Gasteiger partial charge < -0.3 is 21.5 Å². The van der Waals surface area contributed by atoms with Crippen molar-refractivity contribution >= 4 is 33.5 Å². The number of hydrazone groups is 1. The molecule has 2 rings (SSSR count). The van der Waals surface area contributed by atoms with E-state index in [0.717, 1.165) is 18.4 Å². The Hall–Kier alpha value is -1.61. The van der Waals surface area contributed by atoms with Crippen LogP contribution in [0.15, 0.2) is 27.0 Å². The molecule has 0 amide bonds. The van der Waals surface area contributed by atoms with E-state index in [1.807, 2.05) is 4.90 Å². The molecule has 0 saturated carbocycles. The molecule has 1 aromatic rings. The fraction of sp³-hybridized carbons (Fsp3) is 0.533. The monoisotopic (exact) mass is 432 g/mol. The second-order valence-corrected chi connectivity index (χ2v) is 8.75. The number of aliphatic hydroxyl groups is 1. The average molecular weight is 433 g/mol. The third-order valence-electron chi connectivity index (χ3n) is 4.30. The second kappa shape index (κ2) is 10.2. The predicted octanol–water partition coefficient (Wildman–Crippen LogP) is -1.68. The zero-order chi connectivity index (χ0) is 20.7. The number of anilines is 1. The first-order valence-electron chi connectivity index (χ1n) is 8.81. The first-order valence-corrected chi connectivity index (χ1v) is 11.2. The van der Waals surface area contributed by atoms with E-state index < -0.39 is 10.0 Å². The van der Waals surface area contributed by atoms with Gasteiger partial charge in [0.2, 0.25) is 10.0 Å². The van der Waals surface area contributed by atoms with Crippen molar-refractivity contribution in [2.45, 2.75) is 35.2 Å². The summed E-state index contributed by atoms with van der Waals surface area (Å²) < 4.78 is 28.0. The highest BCUT2D eigenvalue weighted by Crippen LogP contribution is 2.35. The number of aliphatic hydroxyl groups excluding tert-OH is 1. The molecule has 0 radical (unpaired) electrons. The SMILES string of the molecule is NCCCNSc1ccc(N2CCC(O)CC2)c(/C(N)=N/NN)c1S(N)(=O)=O. The van der Waals surface area contributed by atoms with Gasteiger partial charge in [0.05, 0.1) is 11.7 Å². The number of primary sulfonamides is 1. The Kier molecular flexibility index (Phi) is 8.30. The van der Waals surface area contributed by atoms with Crippen LogP contribution in [0.1, 0.15) is 24.8 Å². The van der Waals surface area contributed by atoms with Crippen LogP contribution in [0.3, 0.4) is 0 Å². The minimum atomic E-state index is -4.13. The molecule has 13 heteroatoms. The molecule has 158 valence electrons. The van der Waals surface area contributed by atoms with Crippen LogP contribution >= 0.6 is 11.9 Å². The Bertz CT molecular complexity index is 795. The van der Waals surface area contributed by atoms with Crippen LogP contribution in [0.2, 0.25) is 0 Å². The molecule has 28 heavy (non-hydrogen) atoms. The van der Waals surface area contributed by atoms with Crippen molar-refractivity contribution in [1.29, 1.82) is 0 Å². The first-order chi connectivity index (χ1) is 13.3. The number of sulfonamides is 1. The summed E-state index contributed by atoms with van der Waals surface area (Å²) >= 11 is 1.13. The van der Waals surface area contributed by atoms with Gasteiger partial charge in [-0.2, -0.15) is 0 Å². The van der Waals surface area contributed by atoms with E-state index >= 15 is 0 Å². The Labute approximate surface area is 169 Å².